The van der Waals surface area contributed by atoms with Crippen LogP contribution < -0.4 is 15.6 Å². The van der Waals surface area contributed by atoms with Crippen molar-refractivity contribution in [2.24, 2.45) is 10.8 Å². The number of aromatic nitrogens is 3. The number of thiazole rings is 1. The molecule has 18 nitrogen and oxygen atoms in total. The largest absolute Gasteiger partial charge is 0.464 e. The predicted octanol–water partition coefficient (Wildman–Crippen LogP) is 6.90. The number of carbonyl (C=O) groups is 3. The van der Waals surface area contributed by atoms with Gasteiger partial charge in [-0.2, -0.15) is 0 Å². The van der Waals surface area contributed by atoms with E-state index < -0.39 is 41.2 Å². The summed E-state index contributed by atoms with van der Waals surface area (Å²) in [6, 6.07) is 7.11. The number of benzene rings is 1. The van der Waals surface area contributed by atoms with Crippen LogP contribution in [-0.2, 0) is 51.0 Å². The molecule has 6 aliphatic heterocycles. The van der Waals surface area contributed by atoms with Crippen molar-refractivity contribution in [1.29, 1.82) is 0 Å². The molecule has 75 heavy (non-hydrogen) atoms. The van der Waals surface area contributed by atoms with Gasteiger partial charge in [0.1, 0.15) is 22.7 Å². The van der Waals surface area contributed by atoms with Crippen LogP contribution in [0.2, 0.25) is 0 Å². The minimum absolute atomic E-state index is 0.0131. The Labute approximate surface area is 445 Å². The molecule has 7 aliphatic rings. The van der Waals surface area contributed by atoms with Gasteiger partial charge in [-0.1, -0.05) is 19.9 Å². The Kier molecular flexibility index (Phi) is 14.8. The molecule has 9 heterocycles. The summed E-state index contributed by atoms with van der Waals surface area (Å²) in [5.74, 6) is -0.812. The van der Waals surface area contributed by atoms with E-state index in [0.29, 0.717) is 83.5 Å². The number of fused-ring (bicyclic) bond motifs is 6. The van der Waals surface area contributed by atoms with Crippen LogP contribution in [0.3, 0.4) is 0 Å². The van der Waals surface area contributed by atoms with Crippen LogP contribution in [0.15, 0.2) is 35.8 Å². The molecule has 1 aromatic carbocycles. The number of carbonyl (C=O) groups excluding carboxylic acids is 3. The van der Waals surface area contributed by atoms with E-state index in [-0.39, 0.29) is 30.1 Å². The molecular formula is C56H77N9O9S. The zero-order chi connectivity index (χ0) is 52.2. The van der Waals surface area contributed by atoms with E-state index in [1.54, 1.807) is 27.9 Å². The van der Waals surface area contributed by atoms with Crippen molar-refractivity contribution < 1.29 is 42.8 Å². The quantitative estimate of drug-likeness (QED) is 0.148. The van der Waals surface area contributed by atoms with E-state index >= 15 is 4.79 Å². The number of piperazine rings is 1. The summed E-state index contributed by atoms with van der Waals surface area (Å²) >= 11 is 1.48. The lowest BCUT2D eigenvalue weighted by molar-refractivity contribution is -0.202. The molecule has 1 saturated carbocycles. The maximum absolute atomic E-state index is 15.1. The number of likely N-dealkylation sites (tertiary alicyclic amines) is 1. The average Bonchev–Trinajstić information content (AvgIpc) is 4.06. The molecule has 1 aliphatic carbocycles. The van der Waals surface area contributed by atoms with Gasteiger partial charge in [-0.15, -0.1) is 11.3 Å². The average molecular weight is 1050 g/mol. The molecule has 4 aromatic rings. The molecule has 5 saturated heterocycles. The number of methoxy groups -OCH3 is 1. The number of alkyl carbamates (subject to hydrolysis) is 1. The van der Waals surface area contributed by atoms with Crippen LogP contribution in [0.1, 0.15) is 108 Å². The lowest BCUT2D eigenvalue weighted by Gasteiger charge is -2.57. The number of cyclic esters (lactones) is 1. The van der Waals surface area contributed by atoms with Crippen molar-refractivity contribution in [3.63, 3.8) is 0 Å². The number of nitrogens with one attached hydrogen (secondary N) is 2. The van der Waals surface area contributed by atoms with Crippen LogP contribution in [0, 0.1) is 10.8 Å². The van der Waals surface area contributed by atoms with Gasteiger partial charge in [-0.3, -0.25) is 29.4 Å². The minimum Gasteiger partial charge on any atom is -0.464 e. The van der Waals surface area contributed by atoms with Crippen LogP contribution in [0.25, 0.3) is 33.4 Å². The summed E-state index contributed by atoms with van der Waals surface area (Å²) in [5, 5.41) is 8.31. The third-order valence-corrected chi connectivity index (χ3v) is 17.2. The Morgan fingerprint density at radius 1 is 0.973 bits per heavy atom. The number of nitrogens with zero attached hydrogens (tertiary/aromatic N) is 7. The van der Waals surface area contributed by atoms with Gasteiger partial charge in [-0.05, 0) is 96.4 Å². The second kappa shape index (κ2) is 21.2. The number of hydrogen-bond acceptors (Lipinski definition) is 16. The second-order valence-electron chi connectivity index (χ2n) is 24.0. The standard InChI is InChI=1S/C56H77N9O9S/c1-35(69-7)46-41(26-38(28-57-46)62-19-17-61(18-20-62)37-11-12-37)48-42-27-55(5,6)32-73-52(67)43-9-8-16-65(60-43)51(66)47(59-53(68)74-54(2,3)4)49(63-30-56(31-63)33-71-34-56)50-58-44(29-75-50)36-10-13-45(40(42)25-36)64(48)21-24-72-39-14-22-70-23-15-39/h10,13,25-26,28-29,35,37,39,43,47,49,60H,8-9,11-12,14-24,27,30-34H2,1-7H3,(H,59,68)/t35-,43-,47-,49-/m0/s1. The summed E-state index contributed by atoms with van der Waals surface area (Å²) in [6.07, 6.45) is 7.03. The van der Waals surface area contributed by atoms with E-state index in [2.05, 4.69) is 80.4 Å². The summed E-state index contributed by atoms with van der Waals surface area (Å²) in [5.41, 5.74) is 9.67. The van der Waals surface area contributed by atoms with E-state index in [4.69, 9.17) is 38.4 Å². The van der Waals surface area contributed by atoms with Gasteiger partial charge in [-0.25, -0.2) is 15.2 Å². The van der Waals surface area contributed by atoms with Gasteiger partial charge in [0.05, 0.1) is 73.6 Å². The highest BCUT2D eigenvalue weighted by Crippen LogP contribution is 2.46. The predicted molar refractivity (Wildman–Crippen MR) is 285 cm³/mol. The van der Waals surface area contributed by atoms with Crippen molar-refractivity contribution in [3.8, 4) is 22.5 Å². The molecule has 3 aromatic heterocycles. The van der Waals surface area contributed by atoms with Gasteiger partial charge in [0.2, 0.25) is 0 Å². The molecule has 2 N–H and O–H groups in total. The topological polar surface area (TPSA) is 174 Å². The zero-order valence-corrected chi connectivity index (χ0v) is 45.8. The van der Waals surface area contributed by atoms with Gasteiger partial charge in [0.15, 0.2) is 0 Å². The zero-order valence-electron chi connectivity index (χ0n) is 45.0. The highest BCUT2D eigenvalue weighted by molar-refractivity contribution is 7.10. The summed E-state index contributed by atoms with van der Waals surface area (Å²) in [7, 11) is 1.74. The van der Waals surface area contributed by atoms with Gasteiger partial charge in [0.25, 0.3) is 5.91 Å². The maximum Gasteiger partial charge on any atom is 0.408 e. The molecule has 6 bridgehead atoms. The number of amides is 2. The Bertz CT molecular complexity index is 2730. The first-order valence-electron chi connectivity index (χ1n) is 27.4. The summed E-state index contributed by atoms with van der Waals surface area (Å²) < 4.78 is 38.7. The van der Waals surface area contributed by atoms with Crippen molar-refractivity contribution >= 4 is 45.9 Å². The highest BCUT2D eigenvalue weighted by atomic mass is 32.1. The van der Waals surface area contributed by atoms with Gasteiger partial charge in [0, 0.05) is 117 Å². The fourth-order valence-electron chi connectivity index (χ4n) is 12.0. The van der Waals surface area contributed by atoms with Crippen LogP contribution in [0.4, 0.5) is 10.5 Å². The summed E-state index contributed by atoms with van der Waals surface area (Å²) in [4.78, 5) is 61.3. The number of hydrazine groups is 1. The van der Waals surface area contributed by atoms with E-state index in [0.717, 1.165) is 95.4 Å². The fraction of sp³-hybridized carbons (Fsp3) is 0.661. The van der Waals surface area contributed by atoms with Crippen molar-refractivity contribution in [2.75, 3.05) is 97.5 Å². The van der Waals surface area contributed by atoms with Crippen LogP contribution in [-0.4, -0.2) is 170 Å². The fourth-order valence-corrected chi connectivity index (χ4v) is 13.0. The molecule has 0 unspecified atom stereocenters. The lowest BCUT2D eigenvalue weighted by Crippen LogP contribution is -2.70. The summed E-state index contributed by atoms with van der Waals surface area (Å²) in [6.45, 7) is 21.2. The first kappa shape index (κ1) is 52.3. The molecule has 406 valence electrons. The third kappa shape index (κ3) is 11.2. The normalized spacial score (nSPS) is 25.3. The van der Waals surface area contributed by atoms with Crippen LogP contribution >= 0.6 is 11.3 Å². The van der Waals surface area contributed by atoms with Gasteiger partial charge < -0.3 is 43.2 Å². The van der Waals surface area contributed by atoms with E-state index in [1.165, 1.54) is 29.2 Å². The Morgan fingerprint density at radius 3 is 2.45 bits per heavy atom. The first-order valence-corrected chi connectivity index (χ1v) is 28.3. The molecule has 2 amide bonds. The number of pyridine rings is 1. The second-order valence-corrected chi connectivity index (χ2v) is 24.8. The van der Waals surface area contributed by atoms with Crippen LogP contribution in [0.5, 0.6) is 0 Å². The Morgan fingerprint density at radius 2 is 1.75 bits per heavy atom. The van der Waals surface area contributed by atoms with Gasteiger partial charge >= 0.3 is 12.1 Å². The Hall–Kier alpha value is -4.73. The highest BCUT2D eigenvalue weighted by Gasteiger charge is 2.54. The van der Waals surface area contributed by atoms with Crippen molar-refractivity contribution in [1.82, 2.24) is 40.1 Å². The Balaban J connectivity index is 1.06. The minimum atomic E-state index is -1.11. The monoisotopic (exact) mass is 1050 g/mol. The molecule has 4 atom stereocenters. The molecule has 19 heteroatoms. The lowest BCUT2D eigenvalue weighted by atomic mass is 9.76. The maximum atomic E-state index is 15.1. The molecule has 6 fully saturated rings. The molecule has 1 spiro atoms. The third-order valence-electron chi connectivity index (χ3n) is 16.3. The smallest absolute Gasteiger partial charge is 0.408 e. The molecular weight excluding hydrogens is 975 g/mol. The number of rotatable bonds is 11. The number of esters is 1. The molecule has 11 rings (SSSR count). The SMILES string of the molecule is CO[C@@H](C)c1ncc(N2CCN(C3CC3)CC2)cc1-c1c2c3cc(ccc3n1CCOC1CCOCC1)-c1csc(n1)[C@@H](N1CC3(COC3)C1)[C@H](NC(=O)OC(C)(C)C)C(=O)N1CCC[C@H](N1)C(=O)OCC(C)(C)C2. The number of anilines is 1. The van der Waals surface area contributed by atoms with E-state index in [1.807, 2.05) is 6.20 Å². The van der Waals surface area contributed by atoms with Crippen molar-refractivity contribution in [2.45, 2.75) is 135 Å². The number of hydrogen-bond donors (Lipinski definition) is 2. The molecule has 0 radical (unpaired) electrons. The van der Waals surface area contributed by atoms with E-state index in [9.17, 15) is 9.59 Å². The first-order chi connectivity index (χ1) is 36.0. The number of ether oxygens (including phenoxy) is 6. The van der Waals surface area contributed by atoms with Crippen molar-refractivity contribution in [3.05, 3.63) is 52.1 Å².